The van der Waals surface area contributed by atoms with Gasteiger partial charge >= 0.3 is 6.03 Å². The van der Waals surface area contributed by atoms with Gasteiger partial charge in [-0.2, -0.15) is 0 Å². The van der Waals surface area contributed by atoms with Crippen LogP contribution in [-0.4, -0.2) is 24.0 Å². The summed E-state index contributed by atoms with van der Waals surface area (Å²) in [4.78, 5) is 24.2. The van der Waals surface area contributed by atoms with Crippen LogP contribution in [-0.2, 0) is 4.79 Å². The van der Waals surface area contributed by atoms with Crippen LogP contribution in [0.1, 0.15) is 57.1 Å². The predicted molar refractivity (Wildman–Crippen MR) is 98.1 cm³/mol. The van der Waals surface area contributed by atoms with Crippen molar-refractivity contribution in [2.45, 2.75) is 63.6 Å². The number of rotatable bonds is 5. The summed E-state index contributed by atoms with van der Waals surface area (Å²) in [5, 5.41) is 8.80. The van der Waals surface area contributed by atoms with E-state index in [4.69, 9.17) is 5.73 Å². The lowest BCUT2D eigenvalue weighted by atomic mass is 9.85. The minimum absolute atomic E-state index is 0.0262. The van der Waals surface area contributed by atoms with Crippen LogP contribution in [0.2, 0.25) is 0 Å². The Balaban J connectivity index is 1.50. The quantitative estimate of drug-likeness (QED) is 0.661. The molecule has 0 aliphatic heterocycles. The number of nitrogens with one attached hydrogen (secondary N) is 3. The van der Waals surface area contributed by atoms with Gasteiger partial charge in [0.05, 0.1) is 6.04 Å². The molecule has 1 aromatic carbocycles. The Labute approximate surface area is 148 Å². The summed E-state index contributed by atoms with van der Waals surface area (Å²) < 4.78 is 0. The minimum atomic E-state index is -0.162. The highest BCUT2D eigenvalue weighted by Gasteiger charge is 2.26. The van der Waals surface area contributed by atoms with Crippen LogP contribution < -0.4 is 21.7 Å². The second-order valence-electron chi connectivity index (χ2n) is 7.35. The lowest BCUT2D eigenvalue weighted by Crippen LogP contribution is -2.38. The third kappa shape index (κ3) is 5.19. The van der Waals surface area contributed by atoms with E-state index >= 15 is 0 Å². The average molecular weight is 344 g/mol. The van der Waals surface area contributed by atoms with Crippen LogP contribution in [0.5, 0.6) is 0 Å². The zero-order valence-electron chi connectivity index (χ0n) is 14.8. The molecule has 3 amide bonds. The van der Waals surface area contributed by atoms with Crippen LogP contribution in [0.15, 0.2) is 24.3 Å². The van der Waals surface area contributed by atoms with Gasteiger partial charge in [0.25, 0.3) is 0 Å². The van der Waals surface area contributed by atoms with E-state index in [1.54, 1.807) is 0 Å². The van der Waals surface area contributed by atoms with E-state index in [0.717, 1.165) is 49.8 Å². The Morgan fingerprint density at radius 2 is 1.84 bits per heavy atom. The van der Waals surface area contributed by atoms with Crippen LogP contribution in [0.25, 0.3) is 0 Å². The number of urea groups is 1. The number of nitrogens with two attached hydrogens (primary N) is 1. The Hall–Kier alpha value is -2.08. The summed E-state index contributed by atoms with van der Waals surface area (Å²) >= 11 is 0. The Morgan fingerprint density at radius 3 is 2.48 bits per heavy atom. The first-order valence-electron chi connectivity index (χ1n) is 9.24. The van der Waals surface area contributed by atoms with Gasteiger partial charge in [-0.05, 0) is 56.7 Å². The molecule has 0 aromatic heterocycles. The molecule has 0 saturated heterocycles. The third-order valence-electron chi connectivity index (χ3n) is 5.03. The van der Waals surface area contributed by atoms with Gasteiger partial charge in [-0.1, -0.05) is 18.6 Å². The highest BCUT2D eigenvalue weighted by Crippen LogP contribution is 2.25. The maximum Gasteiger partial charge on any atom is 0.319 e. The fourth-order valence-electron chi connectivity index (χ4n) is 3.32. The summed E-state index contributed by atoms with van der Waals surface area (Å²) in [5.74, 6) is 0.118. The molecule has 136 valence electrons. The van der Waals surface area contributed by atoms with E-state index < -0.39 is 0 Å². The molecule has 2 saturated carbocycles. The van der Waals surface area contributed by atoms with Gasteiger partial charge in [0, 0.05) is 23.7 Å². The van der Waals surface area contributed by atoms with Crippen molar-refractivity contribution in [1.82, 2.24) is 10.6 Å². The molecule has 25 heavy (non-hydrogen) atoms. The fraction of sp³-hybridized carbons (Fsp3) is 0.579. The molecule has 3 rings (SSSR count). The van der Waals surface area contributed by atoms with E-state index in [9.17, 15) is 9.59 Å². The van der Waals surface area contributed by atoms with Gasteiger partial charge in [-0.3, -0.25) is 4.79 Å². The average Bonchev–Trinajstić information content (AvgIpc) is 3.39. The third-order valence-corrected chi connectivity index (χ3v) is 5.03. The standard InChI is InChI=1S/C19H28N4O2/c1-12(21-18(24)14-3-2-4-15(20)11-14)13-5-7-16(8-6-13)22-19(25)23-17-9-10-17/h5-8,12,14-15,17H,2-4,9-11,20H2,1H3,(H,21,24)(H2,22,23,25). The molecule has 6 heteroatoms. The molecule has 2 fully saturated rings. The van der Waals surface area contributed by atoms with Crippen molar-refractivity contribution >= 4 is 17.6 Å². The van der Waals surface area contributed by atoms with E-state index in [2.05, 4.69) is 16.0 Å². The van der Waals surface area contributed by atoms with Gasteiger partial charge in [0.15, 0.2) is 0 Å². The number of hydrogen-bond donors (Lipinski definition) is 4. The van der Waals surface area contributed by atoms with Crippen LogP contribution in [0.4, 0.5) is 10.5 Å². The van der Waals surface area contributed by atoms with Gasteiger partial charge in [0.1, 0.15) is 0 Å². The monoisotopic (exact) mass is 344 g/mol. The van der Waals surface area contributed by atoms with E-state index in [-0.39, 0.29) is 29.9 Å². The minimum Gasteiger partial charge on any atom is -0.349 e. The molecule has 0 heterocycles. The highest BCUT2D eigenvalue weighted by molar-refractivity contribution is 5.89. The van der Waals surface area contributed by atoms with Gasteiger partial charge in [-0.25, -0.2) is 4.79 Å². The highest BCUT2D eigenvalue weighted by atomic mass is 16.2. The van der Waals surface area contributed by atoms with Crippen LogP contribution in [0.3, 0.4) is 0 Å². The molecule has 5 N–H and O–H groups in total. The van der Waals surface area contributed by atoms with Gasteiger partial charge in [0.2, 0.25) is 5.91 Å². The van der Waals surface area contributed by atoms with Crippen molar-refractivity contribution in [3.63, 3.8) is 0 Å². The lowest BCUT2D eigenvalue weighted by Gasteiger charge is -2.27. The second-order valence-corrected chi connectivity index (χ2v) is 7.35. The molecule has 1 aromatic rings. The van der Waals surface area contributed by atoms with Crippen molar-refractivity contribution in [2.24, 2.45) is 11.7 Å². The Bertz CT molecular complexity index is 612. The van der Waals surface area contributed by atoms with Gasteiger partial charge in [-0.15, -0.1) is 0 Å². The zero-order valence-corrected chi connectivity index (χ0v) is 14.8. The molecular formula is C19H28N4O2. The molecule has 3 atom stereocenters. The molecule has 2 aliphatic carbocycles. The number of carbonyl (C=O) groups is 2. The molecule has 0 bridgehead atoms. The molecule has 0 radical (unpaired) electrons. The summed E-state index contributed by atoms with van der Waals surface area (Å²) in [5.41, 5.74) is 7.74. The van der Waals surface area contributed by atoms with Crippen molar-refractivity contribution in [3.8, 4) is 0 Å². The van der Waals surface area contributed by atoms with Crippen molar-refractivity contribution in [1.29, 1.82) is 0 Å². The first-order valence-corrected chi connectivity index (χ1v) is 9.24. The number of carbonyl (C=O) groups excluding carboxylic acids is 2. The molecule has 0 spiro atoms. The summed E-state index contributed by atoms with van der Waals surface area (Å²) in [6.45, 7) is 1.98. The van der Waals surface area contributed by atoms with Crippen LogP contribution >= 0.6 is 0 Å². The number of hydrogen-bond acceptors (Lipinski definition) is 3. The van der Waals surface area contributed by atoms with Crippen molar-refractivity contribution in [3.05, 3.63) is 29.8 Å². The summed E-state index contributed by atoms with van der Waals surface area (Å²) in [6, 6.07) is 7.84. The Morgan fingerprint density at radius 1 is 1.12 bits per heavy atom. The maximum absolute atomic E-state index is 12.4. The predicted octanol–water partition coefficient (Wildman–Crippen LogP) is 2.67. The fourth-order valence-corrected chi connectivity index (χ4v) is 3.32. The number of benzene rings is 1. The number of amides is 3. The lowest BCUT2D eigenvalue weighted by molar-refractivity contribution is -0.126. The zero-order chi connectivity index (χ0) is 17.8. The van der Waals surface area contributed by atoms with Gasteiger partial charge < -0.3 is 21.7 Å². The van der Waals surface area contributed by atoms with Crippen molar-refractivity contribution in [2.75, 3.05) is 5.32 Å². The molecule has 2 aliphatic rings. The first-order chi connectivity index (χ1) is 12.0. The smallest absolute Gasteiger partial charge is 0.319 e. The number of anilines is 1. The normalized spacial score (nSPS) is 24.2. The maximum atomic E-state index is 12.4. The van der Waals surface area contributed by atoms with Crippen molar-refractivity contribution < 1.29 is 9.59 Å². The van der Waals surface area contributed by atoms with E-state index in [0.29, 0.717) is 6.04 Å². The molecule has 3 unspecified atom stereocenters. The topological polar surface area (TPSA) is 96.2 Å². The van der Waals surface area contributed by atoms with E-state index in [1.807, 2.05) is 31.2 Å². The summed E-state index contributed by atoms with van der Waals surface area (Å²) in [7, 11) is 0. The largest absolute Gasteiger partial charge is 0.349 e. The van der Waals surface area contributed by atoms with E-state index in [1.165, 1.54) is 0 Å². The molecular weight excluding hydrogens is 316 g/mol. The van der Waals surface area contributed by atoms with Crippen LogP contribution in [0, 0.1) is 5.92 Å². The Kier molecular flexibility index (Phi) is 5.58. The molecule has 6 nitrogen and oxygen atoms in total. The second kappa shape index (κ2) is 7.87. The summed E-state index contributed by atoms with van der Waals surface area (Å²) in [6.07, 6.45) is 5.87. The first kappa shape index (κ1) is 17.7. The SMILES string of the molecule is CC(NC(=O)C1CCCC(N)C1)c1ccc(NC(=O)NC2CC2)cc1.